The van der Waals surface area contributed by atoms with Crippen molar-refractivity contribution in [2.75, 3.05) is 6.54 Å². The van der Waals surface area contributed by atoms with E-state index >= 15 is 0 Å². The van der Waals surface area contributed by atoms with E-state index in [0.29, 0.717) is 13.0 Å². The fourth-order valence-corrected chi connectivity index (χ4v) is 1.92. The smallest absolute Gasteiger partial charge is 0.389 e. The SMILES string of the molecule is CCNC(CCCC(F)(F)F)c1ccoc1Cl. The summed E-state index contributed by atoms with van der Waals surface area (Å²) in [5, 5.41) is 3.34. The van der Waals surface area contributed by atoms with Gasteiger partial charge in [-0.25, -0.2) is 0 Å². The van der Waals surface area contributed by atoms with Crippen LogP contribution >= 0.6 is 11.6 Å². The van der Waals surface area contributed by atoms with E-state index in [1.165, 1.54) is 6.26 Å². The second kappa shape index (κ2) is 6.31. The van der Waals surface area contributed by atoms with Crippen LogP contribution < -0.4 is 5.32 Å². The fourth-order valence-electron chi connectivity index (χ4n) is 1.67. The van der Waals surface area contributed by atoms with Crippen molar-refractivity contribution in [3.8, 4) is 0 Å². The molecule has 0 aliphatic heterocycles. The van der Waals surface area contributed by atoms with Crippen LogP contribution in [0.15, 0.2) is 16.7 Å². The van der Waals surface area contributed by atoms with Crippen LogP contribution in [-0.4, -0.2) is 12.7 Å². The molecule has 0 bridgehead atoms. The Morgan fingerprint density at radius 2 is 2.18 bits per heavy atom. The summed E-state index contributed by atoms with van der Waals surface area (Å²) >= 11 is 5.81. The molecule has 1 N–H and O–H groups in total. The number of halogens is 4. The Labute approximate surface area is 103 Å². The van der Waals surface area contributed by atoms with Crippen LogP contribution in [-0.2, 0) is 0 Å². The molecule has 1 unspecified atom stereocenters. The molecule has 1 aromatic heterocycles. The Balaban J connectivity index is 2.53. The molecule has 2 nitrogen and oxygen atoms in total. The van der Waals surface area contributed by atoms with Crippen LogP contribution in [0.2, 0.25) is 5.22 Å². The number of hydrogen-bond donors (Lipinski definition) is 1. The summed E-state index contributed by atoms with van der Waals surface area (Å²) in [6, 6.07) is 1.50. The second-order valence-electron chi connectivity index (χ2n) is 3.77. The molecule has 0 saturated carbocycles. The van der Waals surface area contributed by atoms with Gasteiger partial charge in [0.25, 0.3) is 0 Å². The maximum atomic E-state index is 12.0. The Morgan fingerprint density at radius 1 is 1.47 bits per heavy atom. The third-order valence-electron chi connectivity index (χ3n) is 2.43. The predicted molar refractivity (Wildman–Crippen MR) is 60.0 cm³/mol. The molecule has 0 saturated heterocycles. The van der Waals surface area contributed by atoms with Crippen molar-refractivity contribution in [1.29, 1.82) is 0 Å². The van der Waals surface area contributed by atoms with Gasteiger partial charge in [-0.2, -0.15) is 13.2 Å². The maximum absolute atomic E-state index is 12.0. The number of rotatable bonds is 6. The molecule has 1 heterocycles. The first kappa shape index (κ1) is 14.4. The van der Waals surface area contributed by atoms with Crippen molar-refractivity contribution in [1.82, 2.24) is 5.32 Å². The van der Waals surface area contributed by atoms with Crippen molar-refractivity contribution in [3.63, 3.8) is 0 Å². The minimum absolute atomic E-state index is 0.0721. The lowest BCUT2D eigenvalue weighted by atomic mass is 10.0. The molecule has 17 heavy (non-hydrogen) atoms. The molecule has 98 valence electrons. The summed E-state index contributed by atoms with van der Waals surface area (Å²) in [5.41, 5.74) is 0.718. The average molecular weight is 270 g/mol. The minimum atomic E-state index is -4.10. The molecule has 0 aliphatic rings. The molecule has 0 amide bonds. The highest BCUT2D eigenvalue weighted by Crippen LogP contribution is 2.30. The van der Waals surface area contributed by atoms with Gasteiger partial charge in [0, 0.05) is 18.0 Å². The summed E-state index contributed by atoms with van der Waals surface area (Å²) in [7, 11) is 0. The van der Waals surface area contributed by atoms with Crippen molar-refractivity contribution in [2.24, 2.45) is 0 Å². The van der Waals surface area contributed by atoms with Crippen molar-refractivity contribution >= 4 is 11.6 Å². The number of hydrogen-bond acceptors (Lipinski definition) is 2. The molecule has 1 rings (SSSR count). The lowest BCUT2D eigenvalue weighted by Gasteiger charge is -2.17. The van der Waals surface area contributed by atoms with Gasteiger partial charge in [-0.05, 0) is 37.1 Å². The predicted octanol–water partition coefficient (Wildman–Crippen LogP) is 4.32. The molecule has 1 atom stereocenters. The monoisotopic (exact) mass is 269 g/mol. The van der Waals surface area contributed by atoms with Gasteiger partial charge < -0.3 is 9.73 Å². The van der Waals surface area contributed by atoms with Gasteiger partial charge in [-0.1, -0.05) is 6.92 Å². The molecule has 0 fully saturated rings. The van der Waals surface area contributed by atoms with Crippen LogP contribution in [0.5, 0.6) is 0 Å². The zero-order valence-corrected chi connectivity index (χ0v) is 10.2. The number of nitrogens with one attached hydrogen (secondary N) is 1. The summed E-state index contributed by atoms with van der Waals surface area (Å²) in [6.45, 7) is 2.56. The van der Waals surface area contributed by atoms with Crippen LogP contribution in [0.25, 0.3) is 0 Å². The molecule has 0 aromatic carbocycles. The average Bonchev–Trinajstić information content (AvgIpc) is 2.61. The van der Waals surface area contributed by atoms with Crippen LogP contribution in [0, 0.1) is 0 Å². The summed E-state index contributed by atoms with van der Waals surface area (Å²) in [6.07, 6.45) is -2.98. The molecule has 0 spiro atoms. The van der Waals surface area contributed by atoms with Gasteiger partial charge in [-0.15, -0.1) is 0 Å². The van der Waals surface area contributed by atoms with Gasteiger partial charge in [-0.3, -0.25) is 0 Å². The van der Waals surface area contributed by atoms with Gasteiger partial charge in [0.15, 0.2) is 5.22 Å². The minimum Gasteiger partial charge on any atom is -0.453 e. The highest BCUT2D eigenvalue weighted by atomic mass is 35.5. The third kappa shape index (κ3) is 5.00. The largest absolute Gasteiger partial charge is 0.453 e. The third-order valence-corrected chi connectivity index (χ3v) is 2.73. The van der Waals surface area contributed by atoms with E-state index in [-0.39, 0.29) is 17.7 Å². The first-order valence-electron chi connectivity index (χ1n) is 5.47. The normalized spacial score (nSPS) is 13.9. The van der Waals surface area contributed by atoms with Crippen LogP contribution in [0.3, 0.4) is 0 Å². The lowest BCUT2D eigenvalue weighted by Crippen LogP contribution is -2.21. The maximum Gasteiger partial charge on any atom is 0.389 e. The fraction of sp³-hybridized carbons (Fsp3) is 0.636. The Bertz CT molecular complexity index is 338. The van der Waals surface area contributed by atoms with Gasteiger partial charge in [0.1, 0.15) is 0 Å². The van der Waals surface area contributed by atoms with E-state index < -0.39 is 12.6 Å². The van der Waals surface area contributed by atoms with E-state index in [2.05, 4.69) is 5.32 Å². The Hall–Kier alpha value is -0.680. The van der Waals surface area contributed by atoms with Gasteiger partial charge >= 0.3 is 6.18 Å². The molecule has 6 heteroatoms. The molecular formula is C11H15ClF3NO. The van der Waals surface area contributed by atoms with Crippen molar-refractivity contribution < 1.29 is 17.6 Å². The lowest BCUT2D eigenvalue weighted by molar-refractivity contribution is -0.135. The molecule has 1 aromatic rings. The van der Waals surface area contributed by atoms with Gasteiger partial charge in [0.2, 0.25) is 0 Å². The van der Waals surface area contributed by atoms with Crippen LogP contribution in [0.4, 0.5) is 13.2 Å². The standard InChI is InChI=1S/C11H15ClF3NO/c1-2-16-9(4-3-6-11(13,14)15)8-5-7-17-10(8)12/h5,7,9,16H,2-4,6H2,1H3. The quantitative estimate of drug-likeness (QED) is 0.832. The molecule has 0 radical (unpaired) electrons. The van der Waals surface area contributed by atoms with Crippen LogP contribution in [0.1, 0.15) is 37.8 Å². The highest BCUT2D eigenvalue weighted by Gasteiger charge is 2.27. The highest BCUT2D eigenvalue weighted by molar-refractivity contribution is 6.29. The van der Waals surface area contributed by atoms with E-state index in [1.807, 2.05) is 6.92 Å². The first-order chi connectivity index (χ1) is 7.94. The zero-order valence-electron chi connectivity index (χ0n) is 9.48. The summed E-state index contributed by atoms with van der Waals surface area (Å²) in [5.74, 6) is 0. The first-order valence-corrected chi connectivity index (χ1v) is 5.85. The second-order valence-corrected chi connectivity index (χ2v) is 4.11. The van der Waals surface area contributed by atoms with Crippen molar-refractivity contribution in [3.05, 3.63) is 23.1 Å². The Kier molecular flexibility index (Phi) is 5.33. The summed E-state index contributed by atoms with van der Waals surface area (Å²) in [4.78, 5) is 0. The zero-order chi connectivity index (χ0) is 12.9. The van der Waals surface area contributed by atoms with E-state index in [1.54, 1.807) is 6.07 Å². The number of furan rings is 1. The topological polar surface area (TPSA) is 25.2 Å². The Morgan fingerprint density at radius 3 is 2.65 bits per heavy atom. The van der Waals surface area contributed by atoms with Crippen molar-refractivity contribution in [2.45, 2.75) is 38.4 Å². The molecular weight excluding hydrogens is 255 g/mol. The molecule has 0 aliphatic carbocycles. The van der Waals surface area contributed by atoms with E-state index in [0.717, 1.165) is 5.56 Å². The number of alkyl halides is 3. The summed E-state index contributed by atoms with van der Waals surface area (Å²) < 4.78 is 41.1. The van der Waals surface area contributed by atoms with E-state index in [4.69, 9.17) is 16.0 Å². The van der Waals surface area contributed by atoms with E-state index in [9.17, 15) is 13.2 Å². The van der Waals surface area contributed by atoms with Gasteiger partial charge in [0.05, 0.1) is 6.26 Å².